The molecule has 0 aliphatic heterocycles. The monoisotopic (exact) mass is 280 g/mol. The van der Waals surface area contributed by atoms with Crippen LogP contribution >= 0.6 is 23.8 Å². The Morgan fingerprint density at radius 1 is 1.39 bits per heavy atom. The number of benzene rings is 1. The van der Waals surface area contributed by atoms with Gasteiger partial charge in [0.25, 0.3) is 5.91 Å². The molecule has 0 radical (unpaired) electrons. The summed E-state index contributed by atoms with van der Waals surface area (Å²) in [4.78, 5) is 12.1. The third-order valence-electron chi connectivity index (χ3n) is 2.27. The Balaban J connectivity index is 2.20. The Morgan fingerprint density at radius 3 is 2.78 bits per heavy atom. The van der Waals surface area contributed by atoms with Crippen LogP contribution in [0.4, 0.5) is 5.69 Å². The largest absolute Gasteiger partial charge is 0.452 e. The van der Waals surface area contributed by atoms with Gasteiger partial charge in [0, 0.05) is 11.3 Å². The van der Waals surface area contributed by atoms with Crippen molar-refractivity contribution in [2.45, 2.75) is 0 Å². The second kappa shape index (κ2) is 5.20. The summed E-state index contributed by atoms with van der Waals surface area (Å²) in [5, 5.41) is 2.74. The van der Waals surface area contributed by atoms with E-state index in [0.29, 0.717) is 11.3 Å². The number of hydrogen-bond donors (Lipinski definition) is 2. The molecule has 1 amide bonds. The number of nitrogens with one attached hydrogen (secondary N) is 1. The maximum atomic E-state index is 11.9. The van der Waals surface area contributed by atoms with Gasteiger partial charge in [-0.05, 0) is 29.8 Å². The highest BCUT2D eigenvalue weighted by Crippen LogP contribution is 2.19. The Morgan fingerprint density at radius 2 is 2.17 bits per heavy atom. The van der Waals surface area contributed by atoms with E-state index in [1.807, 2.05) is 0 Å². The van der Waals surface area contributed by atoms with Crippen molar-refractivity contribution in [3.8, 4) is 0 Å². The van der Waals surface area contributed by atoms with Gasteiger partial charge >= 0.3 is 0 Å². The summed E-state index contributed by atoms with van der Waals surface area (Å²) < 4.78 is 4.85. The van der Waals surface area contributed by atoms with E-state index in [1.165, 1.54) is 12.3 Å². The summed E-state index contributed by atoms with van der Waals surface area (Å²) in [6.07, 6.45) is 1.35. The van der Waals surface area contributed by atoms with Crippen LogP contribution in [0.5, 0.6) is 0 Å². The van der Waals surface area contributed by atoms with Crippen LogP contribution in [0.3, 0.4) is 0 Å². The van der Waals surface area contributed by atoms with E-state index in [9.17, 15) is 4.79 Å². The highest BCUT2D eigenvalue weighted by molar-refractivity contribution is 7.80. The molecule has 2 aromatic rings. The predicted molar refractivity (Wildman–Crippen MR) is 74.0 cm³/mol. The Hall–Kier alpha value is -1.85. The van der Waals surface area contributed by atoms with Crippen molar-refractivity contribution in [2.24, 2.45) is 5.73 Å². The minimum atomic E-state index is -0.353. The third kappa shape index (κ3) is 2.69. The molecule has 0 spiro atoms. The van der Waals surface area contributed by atoms with E-state index in [2.05, 4.69) is 5.32 Å². The molecule has 0 fully saturated rings. The first-order chi connectivity index (χ1) is 8.58. The number of thiocarbonyl (C=S) groups is 1. The quantitative estimate of drug-likeness (QED) is 0.849. The molecule has 1 heterocycles. The van der Waals surface area contributed by atoms with E-state index in [0.717, 1.165) is 0 Å². The number of nitrogens with two attached hydrogens (primary N) is 1. The van der Waals surface area contributed by atoms with Gasteiger partial charge in [0.05, 0.1) is 11.8 Å². The van der Waals surface area contributed by atoms with Crippen LogP contribution in [-0.4, -0.2) is 10.9 Å². The lowest BCUT2D eigenvalue weighted by Crippen LogP contribution is -2.13. The zero-order valence-electron chi connectivity index (χ0n) is 9.14. The van der Waals surface area contributed by atoms with E-state index in [1.54, 1.807) is 24.3 Å². The smallest absolute Gasteiger partial charge is 0.260 e. The zero-order chi connectivity index (χ0) is 13.1. The minimum absolute atomic E-state index is 0.0537. The highest BCUT2D eigenvalue weighted by Gasteiger charge is 2.13. The van der Waals surface area contributed by atoms with Crippen LogP contribution in [-0.2, 0) is 0 Å². The van der Waals surface area contributed by atoms with E-state index in [-0.39, 0.29) is 21.7 Å². The molecule has 0 aliphatic carbocycles. The number of carbonyl (C=O) groups is 1. The van der Waals surface area contributed by atoms with Crippen molar-refractivity contribution in [1.29, 1.82) is 0 Å². The van der Waals surface area contributed by atoms with Gasteiger partial charge < -0.3 is 15.5 Å². The van der Waals surface area contributed by atoms with Crippen LogP contribution in [0.2, 0.25) is 5.22 Å². The Bertz CT molecular complexity index is 610. The Labute approximate surface area is 114 Å². The molecule has 0 aliphatic rings. The normalized spacial score (nSPS) is 10.1. The molecule has 4 nitrogen and oxygen atoms in total. The van der Waals surface area contributed by atoms with Gasteiger partial charge in [0.1, 0.15) is 4.99 Å². The van der Waals surface area contributed by atoms with Gasteiger partial charge in [-0.25, -0.2) is 0 Å². The highest BCUT2D eigenvalue weighted by atomic mass is 35.5. The second-order valence-corrected chi connectivity index (χ2v) is 4.29. The molecule has 2 rings (SSSR count). The maximum absolute atomic E-state index is 11.9. The van der Waals surface area contributed by atoms with Gasteiger partial charge in [0.15, 0.2) is 0 Å². The van der Waals surface area contributed by atoms with Gasteiger partial charge in [-0.1, -0.05) is 24.4 Å². The number of anilines is 1. The molecule has 0 saturated carbocycles. The van der Waals surface area contributed by atoms with Crippen molar-refractivity contribution in [1.82, 2.24) is 0 Å². The lowest BCUT2D eigenvalue weighted by molar-refractivity contribution is 0.102. The molecule has 0 bridgehead atoms. The second-order valence-electron chi connectivity index (χ2n) is 3.51. The van der Waals surface area contributed by atoms with Crippen molar-refractivity contribution in [3.63, 3.8) is 0 Å². The van der Waals surface area contributed by atoms with E-state index in [4.69, 9.17) is 34.0 Å². The average molecular weight is 281 g/mol. The van der Waals surface area contributed by atoms with Crippen LogP contribution in [0.1, 0.15) is 15.9 Å². The summed E-state index contributed by atoms with van der Waals surface area (Å²) in [5.74, 6) is -0.353. The SMILES string of the molecule is NC(=S)c1cccc(NC(=O)c2ccoc2Cl)c1. The fraction of sp³-hybridized carbons (Fsp3) is 0. The number of hydrogen-bond acceptors (Lipinski definition) is 3. The minimum Gasteiger partial charge on any atom is -0.452 e. The number of rotatable bonds is 3. The van der Waals surface area contributed by atoms with Crippen molar-refractivity contribution < 1.29 is 9.21 Å². The fourth-order valence-corrected chi connectivity index (χ4v) is 1.73. The Kier molecular flexibility index (Phi) is 3.64. The van der Waals surface area contributed by atoms with Gasteiger partial charge in [0.2, 0.25) is 5.22 Å². The average Bonchev–Trinajstić information content (AvgIpc) is 2.76. The number of carbonyl (C=O) groups excluding carboxylic acids is 1. The molecule has 3 N–H and O–H groups in total. The molecule has 18 heavy (non-hydrogen) atoms. The summed E-state index contributed by atoms with van der Waals surface area (Å²) in [7, 11) is 0. The molecule has 0 atom stereocenters. The molecule has 0 saturated heterocycles. The van der Waals surface area contributed by atoms with Crippen LogP contribution in [0.25, 0.3) is 0 Å². The van der Waals surface area contributed by atoms with E-state index >= 15 is 0 Å². The first kappa shape index (κ1) is 12.6. The predicted octanol–water partition coefficient (Wildman–Crippen LogP) is 2.82. The molecule has 6 heteroatoms. The number of halogens is 1. The molecule has 1 aromatic heterocycles. The summed E-state index contributed by atoms with van der Waals surface area (Å²) in [6, 6.07) is 8.43. The zero-order valence-corrected chi connectivity index (χ0v) is 10.7. The lowest BCUT2D eigenvalue weighted by Gasteiger charge is -2.05. The van der Waals surface area contributed by atoms with Crippen LogP contribution in [0, 0.1) is 0 Å². The summed E-state index contributed by atoms with van der Waals surface area (Å²) >= 11 is 10.6. The van der Waals surface area contributed by atoms with Gasteiger partial charge in [-0.2, -0.15) is 0 Å². The molecule has 1 aromatic carbocycles. The first-order valence-electron chi connectivity index (χ1n) is 5.02. The topological polar surface area (TPSA) is 68.3 Å². The van der Waals surface area contributed by atoms with Gasteiger partial charge in [-0.15, -0.1) is 0 Å². The van der Waals surface area contributed by atoms with Crippen molar-refractivity contribution in [3.05, 3.63) is 52.9 Å². The lowest BCUT2D eigenvalue weighted by atomic mass is 10.2. The van der Waals surface area contributed by atoms with Crippen molar-refractivity contribution >= 4 is 40.4 Å². The van der Waals surface area contributed by atoms with Crippen LogP contribution in [0.15, 0.2) is 41.0 Å². The maximum Gasteiger partial charge on any atom is 0.260 e. The van der Waals surface area contributed by atoms with E-state index < -0.39 is 0 Å². The molecule has 92 valence electrons. The molecule has 0 unspecified atom stereocenters. The molecular weight excluding hydrogens is 272 g/mol. The van der Waals surface area contributed by atoms with Crippen LogP contribution < -0.4 is 11.1 Å². The third-order valence-corrected chi connectivity index (χ3v) is 2.80. The fourth-order valence-electron chi connectivity index (χ4n) is 1.40. The first-order valence-corrected chi connectivity index (χ1v) is 5.81. The number of amides is 1. The standard InChI is InChI=1S/C12H9ClN2O2S/c13-10-9(4-5-17-10)12(16)15-8-3-1-2-7(6-8)11(14)18/h1-6H,(H2,14,18)(H,15,16). The number of furan rings is 1. The summed E-state index contributed by atoms with van der Waals surface area (Å²) in [6.45, 7) is 0. The molecular formula is C12H9ClN2O2S. The summed E-state index contributed by atoms with van der Waals surface area (Å²) in [5.41, 5.74) is 7.06. The van der Waals surface area contributed by atoms with Gasteiger partial charge in [-0.3, -0.25) is 4.79 Å². The van der Waals surface area contributed by atoms with Crippen molar-refractivity contribution in [2.75, 3.05) is 5.32 Å².